The second-order valence-corrected chi connectivity index (χ2v) is 8.75. The minimum absolute atomic E-state index is 0.107. The maximum atomic E-state index is 12.9. The maximum absolute atomic E-state index is 12.9. The fraction of sp³-hybridized carbons (Fsp3) is 0.417. The van der Waals surface area contributed by atoms with Crippen molar-refractivity contribution in [3.63, 3.8) is 0 Å². The van der Waals surface area contributed by atoms with Gasteiger partial charge >= 0.3 is 6.09 Å². The summed E-state index contributed by atoms with van der Waals surface area (Å²) in [6.45, 7) is 11.8. The van der Waals surface area contributed by atoms with E-state index in [4.69, 9.17) is 4.74 Å². The highest BCUT2D eigenvalue weighted by Gasteiger charge is 2.27. The Kier molecular flexibility index (Phi) is 7.86. The third-order valence-electron chi connectivity index (χ3n) is 4.37. The molecule has 0 radical (unpaired) electrons. The molecule has 0 bridgehead atoms. The second-order valence-electron chi connectivity index (χ2n) is 8.75. The normalized spacial score (nSPS) is 12.2. The maximum Gasteiger partial charge on any atom is 0.408 e. The number of ether oxygens (including phenoxy) is 1. The van der Waals surface area contributed by atoms with E-state index in [9.17, 15) is 9.59 Å². The molecular weight excluding hydrogens is 378 g/mol. The largest absolute Gasteiger partial charge is 0.444 e. The zero-order valence-electron chi connectivity index (χ0n) is 18.7. The third-order valence-corrected chi connectivity index (χ3v) is 4.37. The Balaban J connectivity index is 2.08. The molecule has 0 heterocycles. The van der Waals surface area contributed by atoms with E-state index in [1.807, 2.05) is 44.2 Å². The van der Waals surface area contributed by atoms with Crippen molar-refractivity contribution >= 4 is 23.4 Å². The first-order chi connectivity index (χ1) is 14.0. The predicted molar refractivity (Wildman–Crippen MR) is 122 cm³/mol. The van der Waals surface area contributed by atoms with Crippen LogP contribution in [0.2, 0.25) is 0 Å². The number of hydrogen-bond acceptors (Lipinski definition) is 4. The first-order valence-corrected chi connectivity index (χ1v) is 10.2. The molecule has 6 nitrogen and oxygen atoms in total. The minimum atomic E-state index is -0.718. The summed E-state index contributed by atoms with van der Waals surface area (Å²) >= 11 is 0. The van der Waals surface area contributed by atoms with Crippen molar-refractivity contribution in [3.05, 3.63) is 59.7 Å². The summed E-state index contributed by atoms with van der Waals surface area (Å²) in [5, 5.41) is 8.99. The Hall–Kier alpha value is -3.02. The van der Waals surface area contributed by atoms with Gasteiger partial charge in [0, 0.05) is 6.54 Å². The van der Waals surface area contributed by atoms with E-state index >= 15 is 0 Å². The molecular formula is C24H33N3O3. The summed E-state index contributed by atoms with van der Waals surface area (Å²) in [4.78, 5) is 25.1. The van der Waals surface area contributed by atoms with Crippen LogP contribution in [0.25, 0.3) is 0 Å². The van der Waals surface area contributed by atoms with Gasteiger partial charge in [0.25, 0.3) is 0 Å². The van der Waals surface area contributed by atoms with Crippen molar-refractivity contribution in [1.82, 2.24) is 5.32 Å². The standard InChI is InChI=1S/C24H33N3O3/c1-16(2)21(27-23(29)30-24(4,5)6)22(28)26-20-13-8-7-12-19(20)25-15-18-11-9-10-17(3)14-18/h7-14,16,21,25H,15H2,1-6H3,(H,26,28)(H,27,29)/t21-/m0/s1. The Morgan fingerprint density at radius 3 is 2.27 bits per heavy atom. The number of anilines is 2. The number of carbonyl (C=O) groups excluding carboxylic acids is 2. The zero-order chi connectivity index (χ0) is 22.3. The lowest BCUT2D eigenvalue weighted by molar-refractivity contribution is -0.119. The second kappa shape index (κ2) is 10.1. The first-order valence-electron chi connectivity index (χ1n) is 10.2. The topological polar surface area (TPSA) is 79.5 Å². The zero-order valence-corrected chi connectivity index (χ0v) is 18.7. The van der Waals surface area contributed by atoms with Gasteiger partial charge in [0.15, 0.2) is 0 Å². The molecule has 0 saturated heterocycles. The van der Waals surface area contributed by atoms with Crippen LogP contribution < -0.4 is 16.0 Å². The van der Waals surface area contributed by atoms with E-state index in [0.717, 1.165) is 11.3 Å². The average molecular weight is 412 g/mol. The van der Waals surface area contributed by atoms with E-state index in [0.29, 0.717) is 12.2 Å². The summed E-state index contributed by atoms with van der Waals surface area (Å²) in [5.74, 6) is -0.398. The Morgan fingerprint density at radius 1 is 1.00 bits per heavy atom. The van der Waals surface area contributed by atoms with Gasteiger partial charge in [0.05, 0.1) is 11.4 Å². The van der Waals surface area contributed by atoms with Gasteiger partial charge in [-0.3, -0.25) is 4.79 Å². The summed E-state index contributed by atoms with van der Waals surface area (Å²) in [6, 6.07) is 15.1. The van der Waals surface area contributed by atoms with Crippen LogP contribution in [0, 0.1) is 12.8 Å². The van der Waals surface area contributed by atoms with Crippen molar-refractivity contribution in [2.24, 2.45) is 5.92 Å². The molecule has 6 heteroatoms. The molecule has 0 saturated carbocycles. The first kappa shape index (κ1) is 23.3. The van der Waals surface area contributed by atoms with E-state index in [2.05, 4.69) is 41.1 Å². The Labute approximate surface area is 179 Å². The molecule has 1 atom stereocenters. The van der Waals surface area contributed by atoms with Gasteiger partial charge in [-0.25, -0.2) is 4.79 Å². The van der Waals surface area contributed by atoms with Crippen molar-refractivity contribution < 1.29 is 14.3 Å². The molecule has 2 rings (SSSR count). The van der Waals surface area contributed by atoms with Gasteiger partial charge in [0.2, 0.25) is 5.91 Å². The third kappa shape index (κ3) is 7.43. The molecule has 0 spiro atoms. The highest BCUT2D eigenvalue weighted by molar-refractivity contribution is 5.99. The molecule has 0 aliphatic rings. The minimum Gasteiger partial charge on any atom is -0.444 e. The number of hydrogen-bond donors (Lipinski definition) is 3. The Morgan fingerprint density at radius 2 is 1.67 bits per heavy atom. The molecule has 162 valence electrons. The number of alkyl carbamates (subject to hydrolysis) is 1. The summed E-state index contributed by atoms with van der Waals surface area (Å²) in [5.41, 5.74) is 3.19. The van der Waals surface area contributed by atoms with E-state index in [1.54, 1.807) is 20.8 Å². The lowest BCUT2D eigenvalue weighted by Crippen LogP contribution is -2.48. The van der Waals surface area contributed by atoms with Crippen molar-refractivity contribution in [3.8, 4) is 0 Å². The highest BCUT2D eigenvalue weighted by atomic mass is 16.6. The fourth-order valence-corrected chi connectivity index (χ4v) is 2.95. The number of benzene rings is 2. The SMILES string of the molecule is Cc1cccc(CNc2ccccc2NC(=O)[C@@H](NC(=O)OC(C)(C)C)C(C)C)c1. The molecule has 2 aromatic carbocycles. The van der Waals surface area contributed by atoms with Gasteiger partial charge in [-0.15, -0.1) is 0 Å². The van der Waals surface area contributed by atoms with Crippen molar-refractivity contribution in [2.45, 2.75) is 59.7 Å². The van der Waals surface area contributed by atoms with Gasteiger partial charge in [0.1, 0.15) is 11.6 Å². The number of amides is 2. The average Bonchev–Trinajstić information content (AvgIpc) is 2.64. The Bertz CT molecular complexity index is 872. The van der Waals surface area contributed by atoms with Crippen molar-refractivity contribution in [1.29, 1.82) is 0 Å². The quantitative estimate of drug-likeness (QED) is 0.593. The molecule has 0 aliphatic heterocycles. The predicted octanol–water partition coefficient (Wildman–Crippen LogP) is 5.09. The van der Waals surface area contributed by atoms with Crippen LogP contribution in [0.3, 0.4) is 0 Å². The van der Waals surface area contributed by atoms with Crippen LogP contribution in [0.1, 0.15) is 45.7 Å². The number of para-hydroxylation sites is 2. The van der Waals surface area contributed by atoms with Crippen LogP contribution in [-0.4, -0.2) is 23.6 Å². The fourth-order valence-electron chi connectivity index (χ4n) is 2.95. The number of rotatable bonds is 7. The summed E-state index contributed by atoms with van der Waals surface area (Å²) < 4.78 is 5.30. The number of aryl methyl sites for hydroxylation is 1. The van der Waals surface area contributed by atoms with Crippen LogP contribution in [0.4, 0.5) is 16.2 Å². The molecule has 0 aromatic heterocycles. The number of nitrogens with one attached hydrogen (secondary N) is 3. The van der Waals surface area contributed by atoms with E-state index < -0.39 is 17.7 Å². The molecule has 3 N–H and O–H groups in total. The molecule has 0 fully saturated rings. The highest BCUT2D eigenvalue weighted by Crippen LogP contribution is 2.23. The summed E-state index contributed by atoms with van der Waals surface area (Å²) in [7, 11) is 0. The van der Waals surface area contributed by atoms with Gasteiger partial charge in [-0.2, -0.15) is 0 Å². The molecule has 0 unspecified atom stereocenters. The summed E-state index contributed by atoms with van der Waals surface area (Å²) in [6.07, 6.45) is -0.609. The van der Waals surface area contributed by atoms with Crippen LogP contribution >= 0.6 is 0 Å². The van der Waals surface area contributed by atoms with Crippen LogP contribution in [0.5, 0.6) is 0 Å². The van der Waals surface area contributed by atoms with Gasteiger partial charge in [-0.05, 0) is 51.3 Å². The van der Waals surface area contributed by atoms with Crippen molar-refractivity contribution in [2.75, 3.05) is 10.6 Å². The molecule has 0 aliphatic carbocycles. The van der Waals surface area contributed by atoms with Crippen LogP contribution in [0.15, 0.2) is 48.5 Å². The molecule has 2 aromatic rings. The molecule has 30 heavy (non-hydrogen) atoms. The molecule has 2 amide bonds. The smallest absolute Gasteiger partial charge is 0.408 e. The lowest BCUT2D eigenvalue weighted by atomic mass is 10.0. The van der Waals surface area contributed by atoms with E-state index in [1.165, 1.54) is 5.56 Å². The number of carbonyl (C=O) groups is 2. The van der Waals surface area contributed by atoms with Gasteiger partial charge < -0.3 is 20.7 Å². The monoisotopic (exact) mass is 411 g/mol. The van der Waals surface area contributed by atoms with E-state index in [-0.39, 0.29) is 11.8 Å². The van der Waals surface area contributed by atoms with Gasteiger partial charge in [-0.1, -0.05) is 55.8 Å². The lowest BCUT2D eigenvalue weighted by Gasteiger charge is -2.25. The van der Waals surface area contributed by atoms with Crippen LogP contribution in [-0.2, 0) is 16.1 Å².